The van der Waals surface area contributed by atoms with Gasteiger partial charge in [0.15, 0.2) is 0 Å². The summed E-state index contributed by atoms with van der Waals surface area (Å²) in [4.78, 5) is 13.6. The topological polar surface area (TPSA) is 59.0 Å². The Labute approximate surface area is 119 Å². The van der Waals surface area contributed by atoms with Crippen LogP contribution in [0.4, 0.5) is 4.79 Å². The monoisotopic (exact) mass is 279 g/mol. The van der Waals surface area contributed by atoms with Crippen molar-refractivity contribution in [3.05, 3.63) is 29.3 Å². The van der Waals surface area contributed by atoms with Crippen LogP contribution in [0.2, 0.25) is 0 Å². The van der Waals surface area contributed by atoms with Crippen molar-refractivity contribution in [3.63, 3.8) is 0 Å². The van der Waals surface area contributed by atoms with E-state index in [-0.39, 0.29) is 18.7 Å². The van der Waals surface area contributed by atoms with E-state index >= 15 is 0 Å². The van der Waals surface area contributed by atoms with Crippen molar-refractivity contribution in [2.45, 2.75) is 39.0 Å². The van der Waals surface area contributed by atoms with Gasteiger partial charge in [-0.05, 0) is 32.4 Å². The molecule has 1 aromatic rings. The van der Waals surface area contributed by atoms with Crippen LogP contribution in [0.15, 0.2) is 18.2 Å². The summed E-state index contributed by atoms with van der Waals surface area (Å²) >= 11 is 0. The van der Waals surface area contributed by atoms with Crippen LogP contribution in [0.3, 0.4) is 0 Å². The van der Waals surface area contributed by atoms with Gasteiger partial charge in [-0.1, -0.05) is 12.1 Å². The molecule has 1 aliphatic rings. The molecule has 0 aliphatic carbocycles. The second kappa shape index (κ2) is 5.32. The molecule has 0 fully saturated rings. The molecule has 110 valence electrons. The summed E-state index contributed by atoms with van der Waals surface area (Å²) in [6.45, 7) is 5.89. The highest BCUT2D eigenvalue weighted by Gasteiger charge is 2.32. The molecule has 0 saturated carbocycles. The number of hydrogen-bond acceptors (Lipinski definition) is 4. The third-order valence-electron chi connectivity index (χ3n) is 3.17. The fourth-order valence-corrected chi connectivity index (χ4v) is 2.12. The smallest absolute Gasteiger partial charge is 0.410 e. The average Bonchev–Trinajstić information content (AvgIpc) is 2.78. The van der Waals surface area contributed by atoms with E-state index < -0.39 is 5.60 Å². The minimum absolute atomic E-state index is 0.0246. The lowest BCUT2D eigenvalue weighted by Gasteiger charge is -2.28. The Balaban J connectivity index is 2.15. The van der Waals surface area contributed by atoms with E-state index in [1.165, 1.54) is 0 Å². The van der Waals surface area contributed by atoms with Crippen LogP contribution in [-0.4, -0.2) is 35.4 Å². The number of carbonyl (C=O) groups is 1. The standard InChI is InChI=1S/C15H21NO4/c1-15(2,3)20-14(18)16(4)12-9-19-13-7-10(8-17)5-6-11(12)13/h5-7,12,17H,8-9H2,1-4H3/t12-/m1/s1. The molecule has 0 saturated heterocycles. The Morgan fingerprint density at radius 1 is 1.50 bits per heavy atom. The first-order chi connectivity index (χ1) is 9.31. The first-order valence-electron chi connectivity index (χ1n) is 6.64. The summed E-state index contributed by atoms with van der Waals surface area (Å²) in [7, 11) is 1.71. The molecule has 0 bridgehead atoms. The molecule has 5 heteroatoms. The molecule has 2 rings (SSSR count). The SMILES string of the molecule is CN(C(=O)OC(C)(C)C)[C@@H]1COc2cc(CO)ccc21. The van der Waals surface area contributed by atoms with Crippen molar-refractivity contribution in [1.82, 2.24) is 4.90 Å². The van der Waals surface area contributed by atoms with E-state index in [1.54, 1.807) is 18.0 Å². The summed E-state index contributed by atoms with van der Waals surface area (Å²) in [6, 6.07) is 5.37. The number of hydrogen-bond donors (Lipinski definition) is 1. The second-order valence-electron chi connectivity index (χ2n) is 5.95. The van der Waals surface area contributed by atoms with Gasteiger partial charge in [0.05, 0.1) is 12.6 Å². The quantitative estimate of drug-likeness (QED) is 0.903. The van der Waals surface area contributed by atoms with Gasteiger partial charge in [-0.25, -0.2) is 4.79 Å². The first kappa shape index (κ1) is 14.7. The van der Waals surface area contributed by atoms with E-state index in [0.29, 0.717) is 6.61 Å². The van der Waals surface area contributed by atoms with Gasteiger partial charge in [0, 0.05) is 12.6 Å². The first-order valence-corrected chi connectivity index (χ1v) is 6.64. The molecule has 1 N–H and O–H groups in total. The summed E-state index contributed by atoms with van der Waals surface area (Å²) in [5.74, 6) is 0.719. The third-order valence-corrected chi connectivity index (χ3v) is 3.17. The van der Waals surface area contributed by atoms with Gasteiger partial charge in [-0.2, -0.15) is 0 Å². The number of amides is 1. The number of benzene rings is 1. The zero-order valence-corrected chi connectivity index (χ0v) is 12.3. The van der Waals surface area contributed by atoms with Crippen LogP contribution < -0.4 is 4.74 Å². The van der Waals surface area contributed by atoms with Gasteiger partial charge in [-0.3, -0.25) is 0 Å². The number of ether oxygens (including phenoxy) is 2. The number of nitrogens with zero attached hydrogens (tertiary/aromatic N) is 1. The Morgan fingerprint density at radius 3 is 2.80 bits per heavy atom. The van der Waals surface area contributed by atoms with Gasteiger partial charge in [0.25, 0.3) is 0 Å². The molecule has 1 aromatic carbocycles. The molecule has 0 aromatic heterocycles. The van der Waals surface area contributed by atoms with E-state index in [1.807, 2.05) is 32.9 Å². The van der Waals surface area contributed by atoms with E-state index in [4.69, 9.17) is 14.6 Å². The minimum Gasteiger partial charge on any atom is -0.491 e. The largest absolute Gasteiger partial charge is 0.491 e. The van der Waals surface area contributed by atoms with Crippen LogP contribution in [0.5, 0.6) is 5.75 Å². The average molecular weight is 279 g/mol. The molecule has 5 nitrogen and oxygen atoms in total. The highest BCUT2D eigenvalue weighted by Crippen LogP contribution is 2.36. The van der Waals surface area contributed by atoms with E-state index in [0.717, 1.165) is 16.9 Å². The van der Waals surface area contributed by atoms with Gasteiger partial charge < -0.3 is 19.5 Å². The molecular formula is C15H21NO4. The predicted octanol–water partition coefficient (Wildman–Crippen LogP) is 2.48. The van der Waals surface area contributed by atoms with Crippen LogP contribution in [0.25, 0.3) is 0 Å². The highest BCUT2D eigenvalue weighted by atomic mass is 16.6. The van der Waals surface area contributed by atoms with Crippen LogP contribution in [0, 0.1) is 0 Å². The zero-order valence-electron chi connectivity index (χ0n) is 12.3. The zero-order chi connectivity index (χ0) is 14.9. The number of likely N-dealkylation sites (N-methyl/N-ethyl adjacent to an activating group) is 1. The van der Waals surface area contributed by atoms with Gasteiger partial charge in [-0.15, -0.1) is 0 Å². The van der Waals surface area contributed by atoms with Crippen LogP contribution in [0.1, 0.15) is 37.9 Å². The number of carbonyl (C=O) groups excluding carboxylic acids is 1. The Bertz CT molecular complexity index is 507. The number of fused-ring (bicyclic) bond motifs is 1. The minimum atomic E-state index is -0.519. The van der Waals surface area contributed by atoms with E-state index in [2.05, 4.69) is 0 Å². The Kier molecular flexibility index (Phi) is 3.90. The molecule has 1 atom stereocenters. The number of rotatable bonds is 2. The van der Waals surface area contributed by atoms with E-state index in [9.17, 15) is 4.79 Å². The fourth-order valence-electron chi connectivity index (χ4n) is 2.12. The molecule has 20 heavy (non-hydrogen) atoms. The maximum Gasteiger partial charge on any atom is 0.410 e. The third kappa shape index (κ3) is 3.04. The fraction of sp³-hybridized carbons (Fsp3) is 0.533. The summed E-state index contributed by atoms with van der Waals surface area (Å²) in [5, 5.41) is 9.12. The summed E-state index contributed by atoms with van der Waals surface area (Å²) in [5.41, 5.74) is 1.22. The summed E-state index contributed by atoms with van der Waals surface area (Å²) in [6.07, 6.45) is -0.370. The molecule has 0 radical (unpaired) electrons. The molecule has 1 amide bonds. The molecule has 1 heterocycles. The maximum atomic E-state index is 12.1. The molecule has 1 aliphatic heterocycles. The molecule has 0 unspecified atom stereocenters. The second-order valence-corrected chi connectivity index (χ2v) is 5.95. The number of aliphatic hydroxyl groups excluding tert-OH is 1. The predicted molar refractivity (Wildman–Crippen MR) is 74.6 cm³/mol. The Hall–Kier alpha value is -1.75. The van der Waals surface area contributed by atoms with Gasteiger partial charge >= 0.3 is 6.09 Å². The molecule has 0 spiro atoms. The normalized spacial score (nSPS) is 17.4. The van der Waals surface area contributed by atoms with Crippen LogP contribution >= 0.6 is 0 Å². The maximum absolute atomic E-state index is 12.1. The highest BCUT2D eigenvalue weighted by molar-refractivity contribution is 5.69. The lowest BCUT2D eigenvalue weighted by atomic mass is 10.1. The van der Waals surface area contributed by atoms with Crippen molar-refractivity contribution in [3.8, 4) is 5.75 Å². The Morgan fingerprint density at radius 2 is 2.20 bits per heavy atom. The van der Waals surface area contributed by atoms with Crippen molar-refractivity contribution < 1.29 is 19.4 Å². The van der Waals surface area contributed by atoms with Gasteiger partial charge in [0.2, 0.25) is 0 Å². The lowest BCUT2D eigenvalue weighted by molar-refractivity contribution is 0.0201. The van der Waals surface area contributed by atoms with Crippen molar-refractivity contribution in [2.24, 2.45) is 0 Å². The molecular weight excluding hydrogens is 258 g/mol. The van der Waals surface area contributed by atoms with Gasteiger partial charge in [0.1, 0.15) is 18.0 Å². The lowest BCUT2D eigenvalue weighted by Crippen LogP contribution is -2.37. The van der Waals surface area contributed by atoms with Crippen LogP contribution in [-0.2, 0) is 11.3 Å². The van der Waals surface area contributed by atoms with Crippen molar-refractivity contribution >= 4 is 6.09 Å². The van der Waals surface area contributed by atoms with Crippen molar-refractivity contribution in [2.75, 3.05) is 13.7 Å². The number of aliphatic hydroxyl groups is 1. The van der Waals surface area contributed by atoms with Crippen molar-refractivity contribution in [1.29, 1.82) is 0 Å². The summed E-state index contributed by atoms with van der Waals surface area (Å²) < 4.78 is 11.0.